The van der Waals surface area contributed by atoms with Crippen LogP contribution in [0.1, 0.15) is 31.0 Å². The summed E-state index contributed by atoms with van der Waals surface area (Å²) in [6.07, 6.45) is 0.946. The smallest absolute Gasteiger partial charge is 0.387 e. The maximum Gasteiger partial charge on any atom is 0.387 e. The monoisotopic (exact) mass is 311 g/mol. The number of hydrogen-bond acceptors (Lipinski definition) is 3. The molecule has 0 amide bonds. The zero-order valence-corrected chi connectivity index (χ0v) is 12.9. The van der Waals surface area contributed by atoms with E-state index < -0.39 is 6.61 Å². The first-order valence-corrected chi connectivity index (χ1v) is 7.81. The third kappa shape index (κ3) is 5.10. The van der Waals surface area contributed by atoms with Crippen LogP contribution in [0.4, 0.5) is 8.78 Å². The Morgan fingerprint density at radius 3 is 2.71 bits per heavy atom. The first-order valence-electron chi connectivity index (χ1n) is 6.86. The van der Waals surface area contributed by atoms with Crippen LogP contribution in [0, 0.1) is 0 Å². The van der Waals surface area contributed by atoms with E-state index in [1.165, 1.54) is 11.6 Å². The third-order valence-electron chi connectivity index (χ3n) is 3.24. The number of rotatable bonds is 7. The van der Waals surface area contributed by atoms with Gasteiger partial charge in [-0.15, -0.1) is 0 Å². The number of hydrogen-bond donors (Lipinski definition) is 1. The number of ether oxygens (including phenoxy) is 1. The van der Waals surface area contributed by atoms with Crippen molar-refractivity contribution in [1.29, 1.82) is 0 Å². The SMILES string of the molecule is CC(Cc1ccsc1)NC(C)c1cccc(OC(F)F)c1. The van der Waals surface area contributed by atoms with Gasteiger partial charge in [0.25, 0.3) is 0 Å². The topological polar surface area (TPSA) is 21.3 Å². The lowest BCUT2D eigenvalue weighted by atomic mass is 10.1. The van der Waals surface area contributed by atoms with E-state index in [1.807, 2.05) is 13.0 Å². The van der Waals surface area contributed by atoms with E-state index in [0.717, 1.165) is 12.0 Å². The summed E-state index contributed by atoms with van der Waals surface area (Å²) in [6, 6.07) is 9.32. The molecule has 0 saturated heterocycles. The molecule has 1 heterocycles. The summed E-state index contributed by atoms with van der Waals surface area (Å²) in [5.41, 5.74) is 2.24. The molecule has 0 spiro atoms. The summed E-state index contributed by atoms with van der Waals surface area (Å²) in [5.74, 6) is 0.196. The molecule has 1 N–H and O–H groups in total. The van der Waals surface area contributed by atoms with Crippen molar-refractivity contribution in [3.63, 3.8) is 0 Å². The lowest BCUT2D eigenvalue weighted by Crippen LogP contribution is -2.30. The van der Waals surface area contributed by atoms with Crippen molar-refractivity contribution >= 4 is 11.3 Å². The molecular formula is C16H19F2NOS. The average molecular weight is 311 g/mol. The minimum Gasteiger partial charge on any atom is -0.435 e. The molecular weight excluding hydrogens is 292 g/mol. The van der Waals surface area contributed by atoms with Gasteiger partial charge in [-0.25, -0.2) is 0 Å². The molecule has 5 heteroatoms. The first kappa shape index (κ1) is 15.9. The van der Waals surface area contributed by atoms with Gasteiger partial charge in [-0.2, -0.15) is 20.1 Å². The number of halogens is 2. The molecule has 2 atom stereocenters. The molecule has 0 radical (unpaired) electrons. The number of alkyl halides is 2. The standard InChI is InChI=1S/C16H19F2NOS/c1-11(8-13-6-7-21-10-13)19-12(2)14-4-3-5-15(9-14)20-16(17)18/h3-7,9-12,16,19H,8H2,1-2H3. The lowest BCUT2D eigenvalue weighted by Gasteiger charge is -2.20. The van der Waals surface area contributed by atoms with Crippen LogP contribution in [0.15, 0.2) is 41.1 Å². The van der Waals surface area contributed by atoms with Gasteiger partial charge in [0.15, 0.2) is 0 Å². The van der Waals surface area contributed by atoms with Gasteiger partial charge < -0.3 is 10.1 Å². The summed E-state index contributed by atoms with van der Waals surface area (Å²) in [4.78, 5) is 0. The predicted octanol–water partition coefficient (Wildman–Crippen LogP) is 4.63. The second kappa shape index (κ2) is 7.52. The molecule has 0 aliphatic rings. The molecule has 0 aliphatic carbocycles. The van der Waals surface area contributed by atoms with Gasteiger partial charge in [-0.3, -0.25) is 0 Å². The van der Waals surface area contributed by atoms with Crippen LogP contribution in [0.2, 0.25) is 0 Å². The Kier molecular flexibility index (Phi) is 5.70. The van der Waals surface area contributed by atoms with Gasteiger partial charge in [0.05, 0.1) is 0 Å². The Morgan fingerprint density at radius 1 is 1.24 bits per heavy atom. The fourth-order valence-electron chi connectivity index (χ4n) is 2.30. The van der Waals surface area contributed by atoms with Crippen molar-refractivity contribution in [2.24, 2.45) is 0 Å². The van der Waals surface area contributed by atoms with Crippen molar-refractivity contribution in [3.8, 4) is 5.75 Å². The highest BCUT2D eigenvalue weighted by molar-refractivity contribution is 7.07. The predicted molar refractivity (Wildman–Crippen MR) is 82.1 cm³/mol. The van der Waals surface area contributed by atoms with E-state index in [-0.39, 0.29) is 11.8 Å². The van der Waals surface area contributed by atoms with Crippen molar-refractivity contribution in [2.75, 3.05) is 0 Å². The van der Waals surface area contributed by atoms with Crippen LogP contribution in [0.5, 0.6) is 5.75 Å². The number of nitrogens with one attached hydrogen (secondary N) is 1. The van der Waals surface area contributed by atoms with Gasteiger partial charge in [-0.1, -0.05) is 12.1 Å². The molecule has 2 unspecified atom stereocenters. The van der Waals surface area contributed by atoms with Crippen molar-refractivity contribution < 1.29 is 13.5 Å². The Hall–Kier alpha value is -1.46. The van der Waals surface area contributed by atoms with Crippen LogP contribution < -0.4 is 10.1 Å². The van der Waals surface area contributed by atoms with Gasteiger partial charge in [0, 0.05) is 12.1 Å². The molecule has 0 aliphatic heterocycles. The van der Waals surface area contributed by atoms with Crippen LogP contribution in [0.25, 0.3) is 0 Å². The van der Waals surface area contributed by atoms with Crippen molar-refractivity contribution in [1.82, 2.24) is 5.32 Å². The summed E-state index contributed by atoms with van der Waals surface area (Å²) in [7, 11) is 0. The van der Waals surface area contributed by atoms with Crippen molar-refractivity contribution in [3.05, 3.63) is 52.2 Å². The molecule has 2 rings (SSSR count). The first-order chi connectivity index (χ1) is 10.0. The second-order valence-corrected chi connectivity index (χ2v) is 5.86. The van der Waals surface area contributed by atoms with E-state index >= 15 is 0 Å². The maximum atomic E-state index is 12.2. The Morgan fingerprint density at radius 2 is 2.05 bits per heavy atom. The van der Waals surface area contributed by atoms with E-state index in [1.54, 1.807) is 23.5 Å². The van der Waals surface area contributed by atoms with Gasteiger partial charge in [0.2, 0.25) is 0 Å². The molecule has 0 fully saturated rings. The zero-order valence-electron chi connectivity index (χ0n) is 12.1. The minimum atomic E-state index is -2.79. The van der Waals surface area contributed by atoms with E-state index in [2.05, 4.69) is 33.8 Å². The van der Waals surface area contributed by atoms with Crippen LogP contribution in [-0.2, 0) is 6.42 Å². The van der Waals surface area contributed by atoms with Crippen LogP contribution in [0.3, 0.4) is 0 Å². The molecule has 21 heavy (non-hydrogen) atoms. The van der Waals surface area contributed by atoms with E-state index in [9.17, 15) is 8.78 Å². The summed E-state index contributed by atoms with van der Waals surface area (Å²) < 4.78 is 28.9. The van der Waals surface area contributed by atoms with Gasteiger partial charge in [0.1, 0.15) is 5.75 Å². The minimum absolute atomic E-state index is 0.0693. The molecule has 1 aromatic heterocycles. The van der Waals surface area contributed by atoms with Gasteiger partial charge in [-0.05, 0) is 60.4 Å². The average Bonchev–Trinajstić information content (AvgIpc) is 2.90. The third-order valence-corrected chi connectivity index (χ3v) is 3.97. The maximum absolute atomic E-state index is 12.2. The fraction of sp³-hybridized carbons (Fsp3) is 0.375. The zero-order chi connectivity index (χ0) is 15.2. The molecule has 114 valence electrons. The molecule has 0 saturated carbocycles. The molecule has 0 bridgehead atoms. The Balaban J connectivity index is 1.94. The highest BCUT2D eigenvalue weighted by Crippen LogP contribution is 2.21. The summed E-state index contributed by atoms with van der Waals surface area (Å²) >= 11 is 1.69. The van der Waals surface area contributed by atoms with Gasteiger partial charge >= 0.3 is 6.61 Å². The molecule has 1 aromatic carbocycles. The van der Waals surface area contributed by atoms with E-state index in [4.69, 9.17) is 0 Å². The molecule has 2 nitrogen and oxygen atoms in total. The summed E-state index contributed by atoms with van der Waals surface area (Å²) in [5, 5.41) is 7.68. The second-order valence-electron chi connectivity index (χ2n) is 5.08. The quantitative estimate of drug-likeness (QED) is 0.805. The lowest BCUT2D eigenvalue weighted by molar-refractivity contribution is -0.0499. The Labute approximate surface area is 127 Å². The van der Waals surface area contributed by atoms with E-state index in [0.29, 0.717) is 6.04 Å². The molecule has 2 aromatic rings. The summed E-state index contributed by atoms with van der Waals surface area (Å²) in [6.45, 7) is 1.35. The van der Waals surface area contributed by atoms with Crippen LogP contribution >= 0.6 is 11.3 Å². The Bertz CT molecular complexity index is 545. The fourth-order valence-corrected chi connectivity index (χ4v) is 2.99. The van der Waals surface area contributed by atoms with Crippen molar-refractivity contribution in [2.45, 2.75) is 39.0 Å². The normalized spacial score (nSPS) is 14.1. The number of thiophene rings is 1. The largest absolute Gasteiger partial charge is 0.435 e. The van der Waals surface area contributed by atoms with Crippen LogP contribution in [-0.4, -0.2) is 12.7 Å². The highest BCUT2D eigenvalue weighted by atomic mass is 32.1. The number of benzene rings is 1. The highest BCUT2D eigenvalue weighted by Gasteiger charge is 2.12.